The summed E-state index contributed by atoms with van der Waals surface area (Å²) in [6.45, 7) is 33.9. The van der Waals surface area contributed by atoms with Crippen LogP contribution in [0.2, 0.25) is 44.3 Å². The SMILES string of the molecule is CCc1cc(CC)cc([Si](c2cc(C)cc(C)c2)(c2cc([Si](C)(C)C)cc([Si](C)(C)C)c2)C2(C)[C-]=C(C)C(C)=C2C)c1.[Cl-].[Cl-].[Cl-].[Ti+4]. The average Bonchev–Trinajstić information content (AvgIpc) is 3.09. The predicted octanol–water partition coefficient (Wildman–Crippen LogP) is -1.14. The molecule has 1 aliphatic carbocycles. The number of rotatable bonds is 8. The van der Waals surface area contributed by atoms with Gasteiger partial charge in [-0.15, -0.1) is 6.92 Å². The summed E-state index contributed by atoms with van der Waals surface area (Å²) in [6.07, 6.45) is 6.33. The van der Waals surface area contributed by atoms with Gasteiger partial charge < -0.3 is 37.2 Å². The standard InChI is InChI=1S/C39H55Si3.3ClH.Ti/c1-15-32-20-33(16-2)22-37(21-32)42(36-18-27(3)17-28(4)19-36,39(8)26-29(5)30(6)31(39)7)38-24-34(40(9,10)11)23-35(25-38)41(12,13)14;;;;/h17-25H,15-16H2,1-14H3;3*1H;/q-1;;;;+4/p-3. The third-order valence-corrected chi connectivity index (χ3v) is 19.6. The Bertz CT molecular complexity index is 1520. The van der Waals surface area contributed by atoms with E-state index in [9.17, 15) is 0 Å². The van der Waals surface area contributed by atoms with Crippen molar-refractivity contribution in [3.05, 3.63) is 99.6 Å². The largest absolute Gasteiger partial charge is 4.00 e. The molecule has 0 aromatic heterocycles. The summed E-state index contributed by atoms with van der Waals surface area (Å²) in [5.41, 5.74) is 9.88. The van der Waals surface area contributed by atoms with E-state index in [4.69, 9.17) is 0 Å². The van der Waals surface area contributed by atoms with Crippen LogP contribution in [0, 0.1) is 19.9 Å². The Kier molecular flexibility index (Phi) is 16.2. The normalized spacial score (nSPS) is 17.6. The van der Waals surface area contributed by atoms with E-state index >= 15 is 0 Å². The molecule has 0 spiro atoms. The predicted molar refractivity (Wildman–Crippen MR) is 197 cm³/mol. The minimum absolute atomic E-state index is 0. The molecule has 0 fully saturated rings. The van der Waals surface area contributed by atoms with Gasteiger partial charge in [-0.2, -0.15) is 11.1 Å². The first kappa shape index (κ1) is 45.4. The molecule has 46 heavy (non-hydrogen) atoms. The molecule has 3 aromatic carbocycles. The number of benzene rings is 3. The van der Waals surface area contributed by atoms with Gasteiger partial charge in [0.1, 0.15) is 8.07 Å². The fourth-order valence-electron chi connectivity index (χ4n) is 7.25. The molecule has 3 aromatic rings. The van der Waals surface area contributed by atoms with Crippen LogP contribution in [-0.2, 0) is 34.6 Å². The van der Waals surface area contributed by atoms with Crippen LogP contribution in [0.3, 0.4) is 0 Å². The van der Waals surface area contributed by atoms with Gasteiger partial charge in [0.2, 0.25) is 0 Å². The van der Waals surface area contributed by atoms with E-state index in [-0.39, 0.29) is 64.0 Å². The van der Waals surface area contributed by atoms with E-state index in [2.05, 4.69) is 155 Å². The zero-order valence-electron chi connectivity index (χ0n) is 30.7. The summed E-state index contributed by atoms with van der Waals surface area (Å²) < 4.78 is 0. The molecule has 4 rings (SSSR count). The van der Waals surface area contributed by atoms with Gasteiger partial charge in [-0.3, -0.25) is 6.08 Å². The Morgan fingerprint density at radius 1 is 0.543 bits per heavy atom. The first-order valence-electron chi connectivity index (χ1n) is 16.1. The van der Waals surface area contributed by atoms with Crippen molar-refractivity contribution in [3.8, 4) is 0 Å². The van der Waals surface area contributed by atoms with Crippen LogP contribution in [0.25, 0.3) is 0 Å². The van der Waals surface area contributed by atoms with E-state index in [0.29, 0.717) is 0 Å². The van der Waals surface area contributed by atoms with Gasteiger partial charge in [-0.1, -0.05) is 155 Å². The molecule has 0 bridgehead atoms. The Morgan fingerprint density at radius 2 is 0.913 bits per heavy atom. The fraction of sp³-hybridized carbons (Fsp3) is 0.436. The Labute approximate surface area is 318 Å². The summed E-state index contributed by atoms with van der Waals surface area (Å²) in [5, 5.41) is 7.64. The number of hydrogen-bond acceptors (Lipinski definition) is 0. The van der Waals surface area contributed by atoms with Crippen molar-refractivity contribution >= 4 is 50.2 Å². The Morgan fingerprint density at radius 3 is 1.26 bits per heavy atom. The molecule has 0 amide bonds. The number of hydrogen-bond donors (Lipinski definition) is 0. The molecule has 1 aliphatic rings. The van der Waals surface area contributed by atoms with Crippen LogP contribution in [0.5, 0.6) is 0 Å². The van der Waals surface area contributed by atoms with Crippen molar-refractivity contribution in [2.45, 2.75) is 113 Å². The maximum atomic E-state index is 4.22. The molecule has 7 heteroatoms. The Hall–Kier alpha value is -0.625. The Balaban J connectivity index is 0.00000506. The number of aryl methyl sites for hydroxylation is 4. The monoisotopic (exact) mass is 760 g/mol. The van der Waals surface area contributed by atoms with Crippen LogP contribution in [0.4, 0.5) is 0 Å². The van der Waals surface area contributed by atoms with Crippen LogP contribution in [-0.4, -0.2) is 24.2 Å². The fourth-order valence-corrected chi connectivity index (χ4v) is 16.3. The molecule has 0 nitrogen and oxygen atoms in total. The van der Waals surface area contributed by atoms with Crippen LogP contribution in [0.15, 0.2) is 71.3 Å². The second kappa shape index (κ2) is 16.4. The van der Waals surface area contributed by atoms with Crippen molar-refractivity contribution in [1.29, 1.82) is 0 Å². The quantitative estimate of drug-likeness (QED) is 0.155. The summed E-state index contributed by atoms with van der Waals surface area (Å²) >= 11 is 0. The van der Waals surface area contributed by atoms with E-state index < -0.39 is 24.2 Å². The van der Waals surface area contributed by atoms with Crippen molar-refractivity contribution in [2.75, 3.05) is 0 Å². The van der Waals surface area contributed by atoms with Gasteiger partial charge in [0, 0.05) is 0 Å². The molecule has 0 saturated heterocycles. The molecule has 2 unspecified atom stereocenters. The summed E-state index contributed by atoms with van der Waals surface area (Å²) in [4.78, 5) is 0. The number of halogens is 3. The smallest absolute Gasteiger partial charge is 1.00 e. The molecule has 0 N–H and O–H groups in total. The van der Waals surface area contributed by atoms with Gasteiger partial charge >= 0.3 is 21.7 Å². The van der Waals surface area contributed by atoms with Crippen LogP contribution < -0.4 is 63.2 Å². The topological polar surface area (TPSA) is 0 Å². The van der Waals surface area contributed by atoms with Gasteiger partial charge in [-0.25, -0.2) is 5.57 Å². The van der Waals surface area contributed by atoms with E-state index in [1.807, 2.05) is 0 Å². The second-order valence-corrected chi connectivity index (χ2v) is 29.7. The molecular formula is C39H55Cl3Si3Ti. The number of allylic oxidation sites excluding steroid dienone is 4. The maximum Gasteiger partial charge on any atom is 4.00 e. The zero-order valence-corrected chi connectivity index (χ0v) is 37.6. The zero-order chi connectivity index (χ0) is 31.4. The maximum absolute atomic E-state index is 4.22. The summed E-state index contributed by atoms with van der Waals surface area (Å²) in [6, 6.07) is 23.1. The minimum Gasteiger partial charge on any atom is -1.00 e. The molecule has 0 heterocycles. The summed E-state index contributed by atoms with van der Waals surface area (Å²) in [5.74, 6) is 0. The van der Waals surface area contributed by atoms with Crippen molar-refractivity contribution < 1.29 is 58.9 Å². The van der Waals surface area contributed by atoms with Crippen LogP contribution >= 0.6 is 0 Å². The van der Waals surface area contributed by atoms with Gasteiger partial charge in [0.25, 0.3) is 0 Å². The molecular weight excluding hydrogens is 707 g/mol. The average molecular weight is 762 g/mol. The second-order valence-electron chi connectivity index (χ2n) is 15.3. The molecule has 0 aliphatic heterocycles. The van der Waals surface area contributed by atoms with Gasteiger partial charge in [0.05, 0.1) is 16.1 Å². The van der Waals surface area contributed by atoms with Crippen molar-refractivity contribution in [3.63, 3.8) is 0 Å². The summed E-state index contributed by atoms with van der Waals surface area (Å²) in [7, 11) is -6.01. The first-order chi connectivity index (χ1) is 19.4. The molecule has 248 valence electrons. The van der Waals surface area contributed by atoms with Crippen molar-refractivity contribution in [1.82, 2.24) is 0 Å². The molecule has 0 radical (unpaired) electrons. The van der Waals surface area contributed by atoms with Crippen molar-refractivity contribution in [2.24, 2.45) is 0 Å². The molecule has 2 atom stereocenters. The minimum atomic E-state index is -2.79. The third kappa shape index (κ3) is 8.21. The van der Waals surface area contributed by atoms with E-state index in [1.165, 1.54) is 44.2 Å². The van der Waals surface area contributed by atoms with Crippen LogP contribution in [0.1, 0.15) is 63.8 Å². The first-order valence-corrected chi connectivity index (χ1v) is 25.1. The third-order valence-electron chi connectivity index (χ3n) is 10.1. The van der Waals surface area contributed by atoms with Gasteiger partial charge in [-0.05, 0) is 53.4 Å². The van der Waals surface area contributed by atoms with Gasteiger partial charge in [0.15, 0.2) is 0 Å². The van der Waals surface area contributed by atoms with E-state index in [1.54, 1.807) is 20.7 Å². The van der Waals surface area contributed by atoms with E-state index in [0.717, 1.165) is 12.8 Å². The molecule has 0 saturated carbocycles.